The number of benzene rings is 1. The molecule has 0 radical (unpaired) electrons. The quantitative estimate of drug-likeness (QED) is 0.480. The van der Waals surface area contributed by atoms with Crippen LogP contribution in [0.4, 0.5) is 0 Å². The number of esters is 1. The first kappa shape index (κ1) is 15.4. The molecule has 0 aliphatic carbocycles. The molecule has 112 valence electrons. The molecule has 0 unspecified atom stereocenters. The molecule has 0 spiro atoms. The van der Waals surface area contributed by atoms with Crippen molar-refractivity contribution < 1.29 is 19.1 Å². The number of ketones is 1. The molecule has 1 aromatic heterocycles. The number of carbonyl (C=O) groups is 2. The van der Waals surface area contributed by atoms with Crippen molar-refractivity contribution in [3.8, 4) is 5.75 Å². The van der Waals surface area contributed by atoms with Gasteiger partial charge in [-0.2, -0.15) is 0 Å². The van der Waals surface area contributed by atoms with Crippen LogP contribution in [0.15, 0.2) is 23.4 Å². The summed E-state index contributed by atoms with van der Waals surface area (Å²) in [5.74, 6) is 0.241. The van der Waals surface area contributed by atoms with Crippen molar-refractivity contribution in [1.29, 1.82) is 0 Å². The van der Waals surface area contributed by atoms with Gasteiger partial charge in [0.05, 0.1) is 30.5 Å². The van der Waals surface area contributed by atoms with Crippen LogP contribution in [0.25, 0.3) is 11.0 Å². The third kappa shape index (κ3) is 4.22. The van der Waals surface area contributed by atoms with E-state index in [-0.39, 0.29) is 24.6 Å². The number of rotatable bonds is 7. The average molecular weight is 308 g/mol. The minimum atomic E-state index is -0.488. The van der Waals surface area contributed by atoms with Crippen molar-refractivity contribution in [3.63, 3.8) is 0 Å². The van der Waals surface area contributed by atoms with Crippen LogP contribution >= 0.6 is 11.8 Å². The summed E-state index contributed by atoms with van der Waals surface area (Å²) < 4.78 is 9.87. The number of methoxy groups -OCH3 is 1. The second-order valence-electron chi connectivity index (χ2n) is 4.23. The standard InChI is InChI=1S/C14H16N2O4S/c1-3-20-13(18)6-9(17)8-21-14-15-11-5-4-10(19-2)7-12(11)16-14/h4-5,7H,3,6,8H2,1-2H3,(H,15,16). The monoisotopic (exact) mass is 308 g/mol. The molecule has 2 rings (SSSR count). The first-order valence-corrected chi connectivity index (χ1v) is 7.44. The van der Waals surface area contributed by atoms with E-state index in [0.29, 0.717) is 5.16 Å². The Kier molecular flexibility index (Phi) is 5.21. The summed E-state index contributed by atoms with van der Waals surface area (Å²) in [6.07, 6.45) is -0.200. The van der Waals surface area contributed by atoms with Gasteiger partial charge in [-0.05, 0) is 19.1 Å². The van der Waals surface area contributed by atoms with Gasteiger partial charge in [0.25, 0.3) is 0 Å². The number of nitrogens with one attached hydrogen (secondary N) is 1. The molecule has 1 aromatic carbocycles. The Morgan fingerprint density at radius 1 is 1.38 bits per heavy atom. The minimum absolute atomic E-state index is 0.176. The van der Waals surface area contributed by atoms with Crippen LogP contribution in [0, 0.1) is 0 Å². The zero-order valence-electron chi connectivity index (χ0n) is 11.8. The van der Waals surface area contributed by atoms with E-state index >= 15 is 0 Å². The van der Waals surface area contributed by atoms with Gasteiger partial charge in [-0.25, -0.2) is 4.98 Å². The van der Waals surface area contributed by atoms with Crippen molar-refractivity contribution in [2.24, 2.45) is 0 Å². The Bertz CT molecular complexity index is 653. The second kappa shape index (κ2) is 7.12. The summed E-state index contributed by atoms with van der Waals surface area (Å²) in [7, 11) is 1.60. The molecule has 21 heavy (non-hydrogen) atoms. The highest BCUT2D eigenvalue weighted by Gasteiger charge is 2.12. The number of aromatic nitrogens is 2. The molecular formula is C14H16N2O4S. The zero-order chi connectivity index (χ0) is 15.2. The van der Waals surface area contributed by atoms with E-state index in [2.05, 4.69) is 9.97 Å². The van der Waals surface area contributed by atoms with E-state index in [4.69, 9.17) is 9.47 Å². The number of carbonyl (C=O) groups excluding carboxylic acids is 2. The van der Waals surface area contributed by atoms with Crippen LogP contribution < -0.4 is 4.74 Å². The highest BCUT2D eigenvalue weighted by Crippen LogP contribution is 2.23. The van der Waals surface area contributed by atoms with Crippen LogP contribution in [0.5, 0.6) is 5.75 Å². The third-order valence-corrected chi connectivity index (χ3v) is 3.62. The van der Waals surface area contributed by atoms with Gasteiger partial charge in [0.2, 0.25) is 0 Å². The van der Waals surface area contributed by atoms with E-state index in [0.717, 1.165) is 16.8 Å². The third-order valence-electron chi connectivity index (χ3n) is 2.68. The fourth-order valence-corrected chi connectivity index (χ4v) is 2.48. The van der Waals surface area contributed by atoms with E-state index < -0.39 is 5.97 Å². The zero-order valence-corrected chi connectivity index (χ0v) is 12.7. The van der Waals surface area contributed by atoms with Gasteiger partial charge in [-0.3, -0.25) is 9.59 Å². The lowest BCUT2D eigenvalue weighted by atomic mass is 10.3. The van der Waals surface area contributed by atoms with Gasteiger partial charge in [0, 0.05) is 6.07 Å². The van der Waals surface area contributed by atoms with Gasteiger partial charge in [0.15, 0.2) is 10.9 Å². The summed E-state index contributed by atoms with van der Waals surface area (Å²) in [5, 5.41) is 0.635. The number of aromatic amines is 1. The van der Waals surface area contributed by atoms with Crippen molar-refractivity contribution in [1.82, 2.24) is 9.97 Å². The molecule has 0 saturated carbocycles. The van der Waals surface area contributed by atoms with E-state index in [1.807, 2.05) is 18.2 Å². The van der Waals surface area contributed by atoms with E-state index in [9.17, 15) is 9.59 Å². The van der Waals surface area contributed by atoms with Crippen molar-refractivity contribution >= 4 is 34.5 Å². The first-order valence-electron chi connectivity index (χ1n) is 6.46. The number of Topliss-reactive ketones (excluding diaryl/α,β-unsaturated/α-hetero) is 1. The maximum absolute atomic E-state index is 11.6. The smallest absolute Gasteiger partial charge is 0.313 e. The normalized spacial score (nSPS) is 10.6. The van der Waals surface area contributed by atoms with Crippen LogP contribution in [0.1, 0.15) is 13.3 Å². The summed E-state index contributed by atoms with van der Waals surface area (Å²) >= 11 is 1.26. The number of nitrogens with zero attached hydrogens (tertiary/aromatic N) is 1. The fourth-order valence-electron chi connectivity index (χ4n) is 1.73. The van der Waals surface area contributed by atoms with E-state index in [1.54, 1.807) is 14.0 Å². The number of imidazole rings is 1. The van der Waals surface area contributed by atoms with Gasteiger partial charge in [-0.1, -0.05) is 11.8 Å². The molecule has 0 saturated heterocycles. The molecule has 0 atom stereocenters. The lowest BCUT2D eigenvalue weighted by molar-refractivity contribution is -0.145. The molecule has 2 aromatic rings. The Hall–Kier alpha value is -2.02. The van der Waals surface area contributed by atoms with Gasteiger partial charge < -0.3 is 14.5 Å². The highest BCUT2D eigenvalue weighted by atomic mass is 32.2. The van der Waals surface area contributed by atoms with Gasteiger partial charge in [0.1, 0.15) is 12.2 Å². The predicted molar refractivity (Wildman–Crippen MR) is 79.6 cm³/mol. The summed E-state index contributed by atoms with van der Waals surface area (Å²) in [5.41, 5.74) is 1.64. The van der Waals surface area contributed by atoms with Crippen LogP contribution in [-0.4, -0.2) is 41.2 Å². The van der Waals surface area contributed by atoms with Crippen LogP contribution in [0.3, 0.4) is 0 Å². The molecule has 6 nitrogen and oxygen atoms in total. The Morgan fingerprint density at radius 2 is 2.19 bits per heavy atom. The lowest BCUT2D eigenvalue weighted by Gasteiger charge is -2.00. The molecule has 7 heteroatoms. The number of fused-ring (bicyclic) bond motifs is 1. The topological polar surface area (TPSA) is 81.3 Å². The Morgan fingerprint density at radius 3 is 2.90 bits per heavy atom. The molecule has 0 aliphatic heterocycles. The number of hydrogen-bond acceptors (Lipinski definition) is 6. The molecule has 0 bridgehead atoms. The van der Waals surface area contributed by atoms with Crippen molar-refractivity contribution in [2.75, 3.05) is 19.5 Å². The highest BCUT2D eigenvalue weighted by molar-refractivity contribution is 7.99. The summed E-state index contributed by atoms with van der Waals surface area (Å²) in [6, 6.07) is 5.51. The predicted octanol–water partition coefficient (Wildman–Crippen LogP) is 2.19. The number of ether oxygens (including phenoxy) is 2. The maximum atomic E-state index is 11.6. The molecular weight excluding hydrogens is 292 g/mol. The number of thioether (sulfide) groups is 1. The van der Waals surface area contributed by atoms with Crippen LogP contribution in [0.2, 0.25) is 0 Å². The maximum Gasteiger partial charge on any atom is 0.313 e. The molecule has 0 amide bonds. The average Bonchev–Trinajstić information content (AvgIpc) is 2.87. The van der Waals surface area contributed by atoms with Crippen LogP contribution in [-0.2, 0) is 14.3 Å². The molecule has 1 heterocycles. The number of H-pyrrole nitrogens is 1. The van der Waals surface area contributed by atoms with Gasteiger partial charge >= 0.3 is 5.97 Å². The van der Waals surface area contributed by atoms with E-state index in [1.165, 1.54) is 11.8 Å². The lowest BCUT2D eigenvalue weighted by Crippen LogP contribution is -2.12. The summed E-state index contributed by atoms with van der Waals surface area (Å²) in [4.78, 5) is 30.3. The first-order chi connectivity index (χ1) is 10.1. The molecule has 0 aliphatic rings. The fraction of sp³-hybridized carbons (Fsp3) is 0.357. The molecule has 0 fully saturated rings. The largest absolute Gasteiger partial charge is 0.497 e. The SMILES string of the molecule is CCOC(=O)CC(=O)CSc1nc2ccc(OC)cc2[nH]1. The molecule has 1 N–H and O–H groups in total. The van der Waals surface area contributed by atoms with Gasteiger partial charge in [-0.15, -0.1) is 0 Å². The van der Waals surface area contributed by atoms with Crippen molar-refractivity contribution in [3.05, 3.63) is 18.2 Å². The second-order valence-corrected chi connectivity index (χ2v) is 5.20. The summed E-state index contributed by atoms with van der Waals surface area (Å²) in [6.45, 7) is 1.99. The van der Waals surface area contributed by atoms with Crippen molar-refractivity contribution in [2.45, 2.75) is 18.5 Å². The Balaban J connectivity index is 1.94. The Labute approximate surface area is 126 Å². The minimum Gasteiger partial charge on any atom is -0.497 e. The number of hydrogen-bond donors (Lipinski definition) is 1.